The minimum Gasteiger partial charge on any atom is -0.394 e. The first-order valence-corrected chi connectivity index (χ1v) is 11.8. The van der Waals surface area contributed by atoms with E-state index in [1.807, 2.05) is 6.20 Å². The maximum absolute atomic E-state index is 12.6. The Hall–Kier alpha value is -1.51. The SMILES string of the molecule is O=C(N[C@H]1CC[C@H](CCn2cc(C3(O)CCCC3)nn2)O[C@H]1CO)C1CCCCC1. The molecule has 168 valence electrons. The van der Waals surface area contributed by atoms with Crippen LogP contribution in [0.15, 0.2) is 6.20 Å². The molecule has 3 N–H and O–H groups in total. The maximum atomic E-state index is 12.6. The van der Waals surface area contributed by atoms with E-state index in [1.165, 1.54) is 6.42 Å². The number of aliphatic hydroxyl groups excluding tert-OH is 1. The number of hydrogen-bond acceptors (Lipinski definition) is 6. The normalized spacial score (nSPS) is 29.7. The minimum atomic E-state index is -0.814. The Labute approximate surface area is 178 Å². The molecule has 1 saturated heterocycles. The summed E-state index contributed by atoms with van der Waals surface area (Å²) in [6, 6.07) is -0.115. The van der Waals surface area contributed by atoms with Crippen LogP contribution in [0.3, 0.4) is 0 Å². The fraction of sp³-hybridized carbons (Fsp3) is 0.864. The third-order valence-electron chi connectivity index (χ3n) is 7.23. The lowest BCUT2D eigenvalue weighted by Gasteiger charge is -2.37. The van der Waals surface area contributed by atoms with E-state index in [0.29, 0.717) is 12.2 Å². The molecule has 3 fully saturated rings. The molecule has 2 heterocycles. The van der Waals surface area contributed by atoms with Gasteiger partial charge in [0.1, 0.15) is 17.4 Å². The van der Waals surface area contributed by atoms with Gasteiger partial charge in [0.2, 0.25) is 5.91 Å². The van der Waals surface area contributed by atoms with Gasteiger partial charge in [-0.1, -0.05) is 37.3 Å². The van der Waals surface area contributed by atoms with Gasteiger partial charge in [0.05, 0.1) is 24.9 Å². The molecule has 1 amide bonds. The quantitative estimate of drug-likeness (QED) is 0.623. The van der Waals surface area contributed by atoms with Gasteiger partial charge in [-0.25, -0.2) is 0 Å². The Kier molecular flexibility index (Phi) is 7.05. The van der Waals surface area contributed by atoms with Gasteiger partial charge in [0.15, 0.2) is 0 Å². The Morgan fingerprint density at radius 1 is 1.17 bits per heavy atom. The van der Waals surface area contributed by atoms with Crippen molar-refractivity contribution in [1.82, 2.24) is 20.3 Å². The Balaban J connectivity index is 1.25. The van der Waals surface area contributed by atoms with Crippen molar-refractivity contribution in [3.63, 3.8) is 0 Å². The number of aryl methyl sites for hydroxylation is 1. The molecule has 1 aromatic rings. The standard InChI is InChI=1S/C22H36N4O4/c27-15-19-18(23-21(28)16-6-2-1-3-7-16)9-8-17(30-19)10-13-26-14-20(24-25-26)22(29)11-4-5-12-22/h14,16-19,27,29H,1-13,15H2,(H,23,28)/t17-,18+,19+/m1/s1. The molecule has 0 spiro atoms. The van der Waals surface area contributed by atoms with E-state index in [2.05, 4.69) is 15.6 Å². The lowest BCUT2D eigenvalue weighted by molar-refractivity contribution is -0.133. The summed E-state index contributed by atoms with van der Waals surface area (Å²) in [5.41, 5.74) is -0.144. The molecule has 4 rings (SSSR count). The highest BCUT2D eigenvalue weighted by Gasteiger charge is 2.36. The first-order chi connectivity index (χ1) is 14.6. The second-order valence-electron chi connectivity index (χ2n) is 9.40. The minimum absolute atomic E-state index is 0.0206. The summed E-state index contributed by atoms with van der Waals surface area (Å²) in [4.78, 5) is 12.6. The predicted octanol–water partition coefficient (Wildman–Crippen LogP) is 2.03. The molecule has 0 aromatic carbocycles. The first kappa shape index (κ1) is 21.7. The van der Waals surface area contributed by atoms with Gasteiger partial charge >= 0.3 is 0 Å². The van der Waals surface area contributed by atoms with Crippen LogP contribution in [0.2, 0.25) is 0 Å². The van der Waals surface area contributed by atoms with E-state index in [9.17, 15) is 15.0 Å². The zero-order valence-electron chi connectivity index (χ0n) is 17.8. The molecule has 8 nitrogen and oxygen atoms in total. The second-order valence-corrected chi connectivity index (χ2v) is 9.40. The zero-order chi connectivity index (χ0) is 21.0. The summed E-state index contributed by atoms with van der Waals surface area (Å²) in [7, 11) is 0. The number of ether oxygens (including phenoxy) is 1. The van der Waals surface area contributed by atoms with Gasteiger partial charge in [-0.15, -0.1) is 5.10 Å². The lowest BCUT2D eigenvalue weighted by atomic mass is 9.88. The molecule has 8 heteroatoms. The molecular weight excluding hydrogens is 384 g/mol. The van der Waals surface area contributed by atoms with Crippen LogP contribution >= 0.6 is 0 Å². The van der Waals surface area contributed by atoms with E-state index < -0.39 is 5.60 Å². The van der Waals surface area contributed by atoms with Crippen LogP contribution in [-0.4, -0.2) is 56.0 Å². The van der Waals surface area contributed by atoms with E-state index in [0.717, 1.165) is 70.6 Å². The van der Waals surface area contributed by atoms with Crippen LogP contribution in [0.4, 0.5) is 0 Å². The summed E-state index contributed by atoms with van der Waals surface area (Å²) < 4.78 is 7.89. The fourth-order valence-electron chi connectivity index (χ4n) is 5.29. The number of rotatable bonds is 7. The number of aliphatic hydroxyl groups is 2. The van der Waals surface area contributed by atoms with Crippen molar-refractivity contribution in [2.24, 2.45) is 5.92 Å². The van der Waals surface area contributed by atoms with Gasteiger partial charge in [0, 0.05) is 12.5 Å². The van der Waals surface area contributed by atoms with Gasteiger partial charge in [-0.2, -0.15) is 0 Å². The molecule has 1 aromatic heterocycles. The Morgan fingerprint density at radius 3 is 2.67 bits per heavy atom. The van der Waals surface area contributed by atoms with Crippen molar-refractivity contribution in [2.45, 2.75) is 107 Å². The number of carbonyl (C=O) groups excluding carboxylic acids is 1. The van der Waals surface area contributed by atoms with Gasteiger partial charge in [0.25, 0.3) is 0 Å². The van der Waals surface area contributed by atoms with Crippen LogP contribution in [0, 0.1) is 5.92 Å². The summed E-state index contributed by atoms with van der Waals surface area (Å²) in [6.07, 6.45) is 12.9. The highest BCUT2D eigenvalue weighted by atomic mass is 16.5. The molecule has 0 radical (unpaired) electrons. The third-order valence-corrected chi connectivity index (χ3v) is 7.23. The third kappa shape index (κ3) is 5.03. The number of nitrogens with zero attached hydrogens (tertiary/aromatic N) is 3. The van der Waals surface area contributed by atoms with Crippen LogP contribution in [0.25, 0.3) is 0 Å². The van der Waals surface area contributed by atoms with Crippen LogP contribution < -0.4 is 5.32 Å². The molecule has 30 heavy (non-hydrogen) atoms. The first-order valence-electron chi connectivity index (χ1n) is 11.8. The number of carbonyl (C=O) groups is 1. The van der Waals surface area contributed by atoms with Crippen molar-refractivity contribution in [1.29, 1.82) is 0 Å². The monoisotopic (exact) mass is 420 g/mol. The number of aromatic nitrogens is 3. The maximum Gasteiger partial charge on any atom is 0.223 e. The van der Waals surface area contributed by atoms with E-state index in [4.69, 9.17) is 4.74 Å². The highest BCUT2D eigenvalue weighted by Crippen LogP contribution is 2.37. The van der Waals surface area contributed by atoms with Crippen molar-refractivity contribution >= 4 is 5.91 Å². The average Bonchev–Trinajstić information content (AvgIpc) is 3.44. The number of nitrogens with one attached hydrogen (secondary N) is 1. The van der Waals surface area contributed by atoms with Crippen molar-refractivity contribution in [3.8, 4) is 0 Å². The topological polar surface area (TPSA) is 110 Å². The molecule has 3 aliphatic rings. The smallest absolute Gasteiger partial charge is 0.223 e. The fourth-order valence-corrected chi connectivity index (χ4v) is 5.29. The van der Waals surface area contributed by atoms with Gasteiger partial charge < -0.3 is 20.3 Å². The molecular formula is C22H36N4O4. The van der Waals surface area contributed by atoms with Crippen LogP contribution in [0.1, 0.15) is 82.7 Å². The predicted molar refractivity (Wildman–Crippen MR) is 110 cm³/mol. The molecule has 3 atom stereocenters. The van der Waals surface area contributed by atoms with E-state index in [1.54, 1.807) is 4.68 Å². The lowest BCUT2D eigenvalue weighted by Crippen LogP contribution is -2.52. The molecule has 2 saturated carbocycles. The van der Waals surface area contributed by atoms with Crippen molar-refractivity contribution in [2.75, 3.05) is 6.61 Å². The van der Waals surface area contributed by atoms with E-state index in [-0.39, 0.29) is 36.7 Å². The Bertz CT molecular complexity index is 697. The van der Waals surface area contributed by atoms with Crippen molar-refractivity contribution < 1.29 is 19.7 Å². The largest absolute Gasteiger partial charge is 0.394 e. The summed E-state index contributed by atoms with van der Waals surface area (Å²) in [5, 5.41) is 32.0. The highest BCUT2D eigenvalue weighted by molar-refractivity contribution is 5.79. The number of amides is 1. The molecule has 1 aliphatic heterocycles. The summed E-state index contributed by atoms with van der Waals surface area (Å²) in [6.45, 7) is 0.567. The van der Waals surface area contributed by atoms with Gasteiger partial charge in [-0.05, 0) is 44.9 Å². The average molecular weight is 421 g/mol. The Morgan fingerprint density at radius 2 is 1.93 bits per heavy atom. The molecule has 0 bridgehead atoms. The van der Waals surface area contributed by atoms with Crippen LogP contribution in [-0.2, 0) is 21.7 Å². The summed E-state index contributed by atoms with van der Waals surface area (Å²) in [5.74, 6) is 0.243. The second kappa shape index (κ2) is 9.75. The zero-order valence-corrected chi connectivity index (χ0v) is 17.8. The van der Waals surface area contributed by atoms with Crippen LogP contribution in [0.5, 0.6) is 0 Å². The summed E-state index contributed by atoms with van der Waals surface area (Å²) >= 11 is 0. The molecule has 2 aliphatic carbocycles. The van der Waals surface area contributed by atoms with Gasteiger partial charge in [-0.3, -0.25) is 9.48 Å². The number of hydrogen-bond donors (Lipinski definition) is 3. The van der Waals surface area contributed by atoms with Crippen molar-refractivity contribution in [3.05, 3.63) is 11.9 Å². The van der Waals surface area contributed by atoms with E-state index >= 15 is 0 Å². The molecule has 0 unspecified atom stereocenters.